The second-order valence-corrected chi connectivity index (χ2v) is 4.48. The number of nitrogen functional groups attached to an aromatic ring is 2. The third kappa shape index (κ3) is 3.29. The first kappa shape index (κ1) is 13.0. The Kier molecular flexibility index (Phi) is 3.76. The molecule has 7 heteroatoms. The molecule has 0 saturated heterocycles. The molecule has 19 heavy (non-hydrogen) atoms. The van der Waals surface area contributed by atoms with Gasteiger partial charge in [0.15, 0.2) is 11.5 Å². The fourth-order valence-corrected chi connectivity index (χ4v) is 1.66. The normalized spacial score (nSPS) is 11.5. The van der Waals surface area contributed by atoms with Crippen molar-refractivity contribution >= 4 is 23.0 Å². The van der Waals surface area contributed by atoms with E-state index in [1.165, 1.54) is 0 Å². The molecule has 1 heterocycles. The van der Waals surface area contributed by atoms with Crippen molar-refractivity contribution in [3.05, 3.63) is 29.8 Å². The third-order valence-corrected chi connectivity index (χ3v) is 2.47. The van der Waals surface area contributed by atoms with E-state index in [1.54, 1.807) is 0 Å². The van der Waals surface area contributed by atoms with Crippen molar-refractivity contribution in [1.82, 2.24) is 15.1 Å². The van der Waals surface area contributed by atoms with Crippen molar-refractivity contribution in [2.24, 2.45) is 10.2 Å². The fraction of sp³-hybridized carbons (Fsp3) is 0.250. The first-order valence-electron chi connectivity index (χ1n) is 5.81. The van der Waals surface area contributed by atoms with Crippen LogP contribution in [0.25, 0.3) is 0 Å². The van der Waals surface area contributed by atoms with Crippen molar-refractivity contribution in [1.29, 1.82) is 0 Å². The average Bonchev–Trinajstić information content (AvgIpc) is 2.66. The topological polar surface area (TPSA) is 109 Å². The number of rotatable bonds is 4. The van der Waals surface area contributed by atoms with Gasteiger partial charge in [-0.1, -0.05) is 12.1 Å². The minimum atomic E-state index is 0.241. The minimum Gasteiger partial charge on any atom is -0.382 e. The van der Waals surface area contributed by atoms with Crippen LogP contribution in [0, 0.1) is 0 Å². The zero-order chi connectivity index (χ0) is 13.8. The van der Waals surface area contributed by atoms with Crippen LogP contribution in [0.5, 0.6) is 0 Å². The van der Waals surface area contributed by atoms with Crippen LogP contribution in [-0.2, 0) is 6.54 Å². The molecule has 2 rings (SSSR count). The Morgan fingerprint density at radius 1 is 1.26 bits per heavy atom. The quantitative estimate of drug-likeness (QED) is 0.730. The Morgan fingerprint density at radius 2 is 2.05 bits per heavy atom. The van der Waals surface area contributed by atoms with Gasteiger partial charge in [0, 0.05) is 6.54 Å². The molecule has 0 aliphatic carbocycles. The lowest BCUT2D eigenvalue weighted by molar-refractivity contribution is 0.402. The number of aromatic nitrogens is 2. The Balaban J connectivity index is 2.19. The fourth-order valence-electron chi connectivity index (χ4n) is 1.66. The lowest BCUT2D eigenvalue weighted by atomic mass is 10.2. The van der Waals surface area contributed by atoms with Gasteiger partial charge in [-0.2, -0.15) is 10.2 Å². The number of nitrogens with zero attached hydrogens (tertiary/aromatic N) is 4. The van der Waals surface area contributed by atoms with E-state index in [2.05, 4.69) is 25.3 Å². The highest BCUT2D eigenvalue weighted by atomic mass is 15.2. The molecule has 0 radical (unpaired) electrons. The van der Waals surface area contributed by atoms with E-state index in [0.717, 1.165) is 17.8 Å². The Labute approximate surface area is 111 Å². The number of nitrogens with one attached hydrogen (secondary N) is 1. The second kappa shape index (κ2) is 5.49. The van der Waals surface area contributed by atoms with E-state index in [-0.39, 0.29) is 5.82 Å². The van der Waals surface area contributed by atoms with Crippen LogP contribution >= 0.6 is 0 Å². The van der Waals surface area contributed by atoms with Crippen molar-refractivity contribution < 1.29 is 0 Å². The van der Waals surface area contributed by atoms with Gasteiger partial charge in [0.1, 0.15) is 5.82 Å². The van der Waals surface area contributed by atoms with Gasteiger partial charge < -0.3 is 16.4 Å². The van der Waals surface area contributed by atoms with E-state index >= 15 is 0 Å². The number of anilines is 2. The van der Waals surface area contributed by atoms with Gasteiger partial charge in [0.05, 0.1) is 5.69 Å². The van der Waals surface area contributed by atoms with Gasteiger partial charge in [0.2, 0.25) is 0 Å². The molecule has 0 spiro atoms. The van der Waals surface area contributed by atoms with E-state index in [4.69, 9.17) is 11.5 Å². The van der Waals surface area contributed by atoms with Crippen LogP contribution in [0.1, 0.15) is 5.56 Å². The largest absolute Gasteiger partial charge is 0.382 e. The molecule has 0 fully saturated rings. The maximum absolute atomic E-state index is 5.64. The van der Waals surface area contributed by atoms with Crippen molar-refractivity contribution in [3.63, 3.8) is 0 Å². The van der Waals surface area contributed by atoms with Gasteiger partial charge in [-0.15, -0.1) is 5.11 Å². The smallest absolute Gasteiger partial charge is 0.175 e. The number of nitrogens with two attached hydrogens (primary N) is 2. The predicted octanol–water partition coefficient (Wildman–Crippen LogP) is 2.05. The molecule has 0 saturated carbocycles. The SMILES string of the molecule is CN(C)Cc1cccc(N=Nc2c(N)n[nH]c2N)c1. The summed E-state index contributed by atoms with van der Waals surface area (Å²) in [6.45, 7) is 0.847. The summed E-state index contributed by atoms with van der Waals surface area (Å²) in [6, 6.07) is 7.82. The Morgan fingerprint density at radius 3 is 2.68 bits per heavy atom. The molecule has 1 aromatic heterocycles. The average molecular weight is 259 g/mol. The highest BCUT2D eigenvalue weighted by molar-refractivity contribution is 5.70. The molecule has 0 bridgehead atoms. The summed E-state index contributed by atoms with van der Waals surface area (Å²) in [5, 5.41) is 14.5. The lowest BCUT2D eigenvalue weighted by Gasteiger charge is -2.09. The molecule has 1 aromatic carbocycles. The number of aromatic amines is 1. The first-order chi connectivity index (χ1) is 9.06. The third-order valence-electron chi connectivity index (χ3n) is 2.47. The molecular formula is C12H17N7. The van der Waals surface area contributed by atoms with Crippen molar-refractivity contribution in [3.8, 4) is 0 Å². The van der Waals surface area contributed by atoms with Gasteiger partial charge in [-0.25, -0.2) is 0 Å². The summed E-state index contributed by atoms with van der Waals surface area (Å²) in [5.74, 6) is 0.552. The highest BCUT2D eigenvalue weighted by Gasteiger charge is 2.06. The molecule has 0 aliphatic heterocycles. The zero-order valence-corrected chi connectivity index (χ0v) is 11.0. The van der Waals surface area contributed by atoms with Crippen LogP contribution in [0.15, 0.2) is 34.5 Å². The minimum absolute atomic E-state index is 0.241. The van der Waals surface area contributed by atoms with Gasteiger partial charge in [-0.05, 0) is 31.8 Å². The monoisotopic (exact) mass is 259 g/mol. The van der Waals surface area contributed by atoms with Crippen LogP contribution in [0.4, 0.5) is 23.0 Å². The predicted molar refractivity (Wildman–Crippen MR) is 75.4 cm³/mol. The Bertz CT molecular complexity index is 566. The molecule has 0 aliphatic rings. The zero-order valence-electron chi connectivity index (χ0n) is 11.0. The van der Waals surface area contributed by atoms with Crippen LogP contribution < -0.4 is 11.5 Å². The van der Waals surface area contributed by atoms with E-state index in [0.29, 0.717) is 11.5 Å². The number of azo groups is 1. The molecule has 0 unspecified atom stereocenters. The van der Waals surface area contributed by atoms with Crippen LogP contribution in [0.3, 0.4) is 0 Å². The second-order valence-electron chi connectivity index (χ2n) is 4.48. The number of H-pyrrole nitrogens is 1. The van der Waals surface area contributed by atoms with Gasteiger partial charge in [0.25, 0.3) is 0 Å². The summed E-state index contributed by atoms with van der Waals surface area (Å²) in [6.07, 6.45) is 0. The summed E-state index contributed by atoms with van der Waals surface area (Å²) < 4.78 is 0. The van der Waals surface area contributed by atoms with Crippen molar-refractivity contribution in [2.75, 3.05) is 25.6 Å². The Hall–Kier alpha value is -2.41. The standard InChI is InChI=1S/C12H17N7/c1-19(2)7-8-4-3-5-9(6-8)15-16-10-11(13)17-18-12(10)14/h3-6H,7H2,1-2H3,(H5,13,14,17,18). The summed E-state index contributed by atoms with van der Waals surface area (Å²) in [5.41, 5.74) is 13.5. The number of benzene rings is 1. The van der Waals surface area contributed by atoms with Crippen LogP contribution in [0.2, 0.25) is 0 Å². The van der Waals surface area contributed by atoms with E-state index in [1.807, 2.05) is 38.4 Å². The van der Waals surface area contributed by atoms with Crippen molar-refractivity contribution in [2.45, 2.75) is 6.54 Å². The first-order valence-corrected chi connectivity index (χ1v) is 5.81. The summed E-state index contributed by atoms with van der Waals surface area (Å²) >= 11 is 0. The highest BCUT2D eigenvalue weighted by Crippen LogP contribution is 2.28. The molecule has 5 N–H and O–H groups in total. The molecule has 0 amide bonds. The van der Waals surface area contributed by atoms with Gasteiger partial charge >= 0.3 is 0 Å². The lowest BCUT2D eigenvalue weighted by Crippen LogP contribution is -2.10. The number of hydrogen-bond donors (Lipinski definition) is 3. The van der Waals surface area contributed by atoms with Crippen LogP contribution in [-0.4, -0.2) is 29.2 Å². The molecule has 2 aromatic rings. The summed E-state index contributed by atoms with van der Waals surface area (Å²) in [7, 11) is 4.03. The maximum atomic E-state index is 5.64. The van der Waals surface area contributed by atoms with E-state index in [9.17, 15) is 0 Å². The van der Waals surface area contributed by atoms with E-state index < -0.39 is 0 Å². The van der Waals surface area contributed by atoms with Gasteiger partial charge in [-0.3, -0.25) is 5.10 Å². The molecule has 0 atom stereocenters. The molecule has 7 nitrogen and oxygen atoms in total. The molecular weight excluding hydrogens is 242 g/mol. The summed E-state index contributed by atoms with van der Waals surface area (Å²) in [4.78, 5) is 2.09. The molecule has 100 valence electrons. The number of hydrogen-bond acceptors (Lipinski definition) is 6. The maximum Gasteiger partial charge on any atom is 0.175 e.